The molecule has 1 fully saturated rings. The van der Waals surface area contributed by atoms with Crippen LogP contribution in [-0.2, 0) is 4.79 Å². The van der Waals surface area contributed by atoms with Gasteiger partial charge in [0.25, 0.3) is 5.91 Å². The molecule has 0 saturated carbocycles. The first kappa shape index (κ1) is 19.1. The van der Waals surface area contributed by atoms with Crippen LogP contribution in [0, 0.1) is 5.92 Å². The van der Waals surface area contributed by atoms with Crippen molar-refractivity contribution in [1.29, 1.82) is 0 Å². The number of carbonyl (C=O) groups is 2. The Morgan fingerprint density at radius 3 is 2.60 bits per heavy atom. The fourth-order valence-electron chi connectivity index (χ4n) is 3.13. The monoisotopic (exact) mass is 347 g/mol. The summed E-state index contributed by atoms with van der Waals surface area (Å²) in [5, 5.41) is 28.2. The molecule has 1 aromatic carbocycles. The Kier molecular flexibility index (Phi) is 6.73. The van der Waals surface area contributed by atoms with Gasteiger partial charge in [-0.05, 0) is 24.5 Å². The van der Waals surface area contributed by atoms with Crippen LogP contribution in [0.2, 0.25) is 0 Å². The first-order valence-corrected chi connectivity index (χ1v) is 8.50. The maximum atomic E-state index is 12.7. The van der Waals surface area contributed by atoms with Gasteiger partial charge in [-0.15, -0.1) is 0 Å². The van der Waals surface area contributed by atoms with Crippen LogP contribution in [0.4, 0.5) is 0 Å². The maximum absolute atomic E-state index is 12.7. The quantitative estimate of drug-likeness (QED) is 0.652. The lowest BCUT2D eigenvalue weighted by atomic mass is 10.0. The number of aliphatic hydroxyl groups is 2. The minimum Gasteiger partial charge on any atom is -0.481 e. The summed E-state index contributed by atoms with van der Waals surface area (Å²) in [6, 6.07) is 8.95. The van der Waals surface area contributed by atoms with Crippen LogP contribution in [-0.4, -0.2) is 56.9 Å². The van der Waals surface area contributed by atoms with E-state index >= 15 is 0 Å². The molecule has 0 radical (unpaired) electrons. The lowest BCUT2D eigenvalue weighted by Crippen LogP contribution is -2.36. The molecule has 2 rings (SSSR count). The molecule has 6 nitrogen and oxygen atoms in total. The zero-order valence-electron chi connectivity index (χ0n) is 14.3. The topological polar surface area (TPSA) is 98.1 Å². The summed E-state index contributed by atoms with van der Waals surface area (Å²) in [6.45, 7) is 2.71. The first-order valence-electron chi connectivity index (χ1n) is 8.50. The van der Waals surface area contributed by atoms with E-state index in [4.69, 9.17) is 5.11 Å². The number of aliphatic carboxylic acids is 1. The van der Waals surface area contributed by atoms with Gasteiger partial charge in [0, 0.05) is 18.5 Å². The summed E-state index contributed by atoms with van der Waals surface area (Å²) >= 11 is 0. The molecule has 0 spiro atoms. The average molecular weight is 347 g/mol. The number of hydrogen-bond donors (Lipinski definition) is 3. The van der Waals surface area contributed by atoms with Gasteiger partial charge in [0.2, 0.25) is 0 Å². The molecule has 0 aromatic heterocycles. The van der Waals surface area contributed by atoms with E-state index in [0.717, 1.165) is 6.42 Å². The molecule has 1 aliphatic rings. The number of rotatable bonds is 7. The first-order chi connectivity index (χ1) is 11.9. The zero-order valence-corrected chi connectivity index (χ0v) is 14.3. The van der Waals surface area contributed by atoms with Gasteiger partial charge in [-0.1, -0.05) is 37.3 Å². The second kappa shape index (κ2) is 8.78. The van der Waals surface area contributed by atoms with E-state index in [2.05, 4.69) is 6.92 Å². The minimum atomic E-state index is -1.10. The normalized spacial score (nSPS) is 22.9. The Labute approximate surface area is 147 Å². The molecule has 136 valence electrons. The van der Waals surface area contributed by atoms with E-state index in [1.54, 1.807) is 29.2 Å². The fourth-order valence-corrected chi connectivity index (χ4v) is 3.13. The van der Waals surface area contributed by atoms with Crippen LogP contribution in [0.25, 0.3) is 0 Å². The molecule has 1 heterocycles. The molecule has 0 aliphatic carbocycles. The van der Waals surface area contributed by atoms with Crippen molar-refractivity contribution in [3.05, 3.63) is 48.0 Å². The smallest absolute Gasteiger partial charge is 0.305 e. The second-order valence-corrected chi connectivity index (χ2v) is 6.56. The Balaban J connectivity index is 2.00. The Morgan fingerprint density at radius 1 is 1.28 bits per heavy atom. The summed E-state index contributed by atoms with van der Waals surface area (Å²) < 4.78 is 0. The summed E-state index contributed by atoms with van der Waals surface area (Å²) in [5.41, 5.74) is 0.632. The van der Waals surface area contributed by atoms with Gasteiger partial charge in [-0.25, -0.2) is 0 Å². The predicted octanol–water partition coefficient (Wildman–Crippen LogP) is 1.68. The maximum Gasteiger partial charge on any atom is 0.305 e. The molecule has 1 amide bonds. The largest absolute Gasteiger partial charge is 0.481 e. The van der Waals surface area contributed by atoms with E-state index in [1.807, 2.05) is 18.2 Å². The van der Waals surface area contributed by atoms with Crippen LogP contribution in [0.5, 0.6) is 0 Å². The Morgan fingerprint density at radius 2 is 1.96 bits per heavy atom. The van der Waals surface area contributed by atoms with Crippen LogP contribution in [0.1, 0.15) is 36.5 Å². The van der Waals surface area contributed by atoms with Gasteiger partial charge in [-0.3, -0.25) is 9.59 Å². The van der Waals surface area contributed by atoms with Gasteiger partial charge < -0.3 is 20.2 Å². The molecule has 25 heavy (non-hydrogen) atoms. The van der Waals surface area contributed by atoms with Crippen LogP contribution >= 0.6 is 0 Å². The van der Waals surface area contributed by atoms with Crippen molar-refractivity contribution in [3.8, 4) is 0 Å². The van der Waals surface area contributed by atoms with Crippen molar-refractivity contribution in [1.82, 2.24) is 4.90 Å². The highest BCUT2D eigenvalue weighted by Crippen LogP contribution is 2.27. The fraction of sp³-hybridized carbons (Fsp3) is 0.474. The summed E-state index contributed by atoms with van der Waals surface area (Å²) in [7, 11) is 0. The van der Waals surface area contributed by atoms with Gasteiger partial charge in [0.05, 0.1) is 24.7 Å². The molecular weight excluding hydrogens is 322 g/mol. The van der Waals surface area contributed by atoms with E-state index in [-0.39, 0.29) is 24.3 Å². The van der Waals surface area contributed by atoms with Crippen LogP contribution < -0.4 is 0 Å². The Hall–Kier alpha value is -2.18. The van der Waals surface area contributed by atoms with Crippen molar-refractivity contribution in [3.63, 3.8) is 0 Å². The number of aliphatic hydroxyl groups excluding tert-OH is 2. The molecule has 6 heteroatoms. The molecule has 1 saturated heterocycles. The zero-order chi connectivity index (χ0) is 18.4. The lowest BCUT2D eigenvalue weighted by Gasteiger charge is -2.25. The van der Waals surface area contributed by atoms with Crippen molar-refractivity contribution >= 4 is 11.9 Å². The SMILES string of the molecule is CC1CCN(C(=O)c2ccccc2)C1C=C[C@@H](O)C[C@@H](O)CC(=O)O. The Bertz CT molecular complexity index is 616. The van der Waals surface area contributed by atoms with Crippen molar-refractivity contribution in [2.45, 2.75) is 44.4 Å². The third-order valence-electron chi connectivity index (χ3n) is 4.50. The molecular formula is C19H25NO5. The van der Waals surface area contributed by atoms with E-state index in [9.17, 15) is 19.8 Å². The molecule has 0 bridgehead atoms. The molecule has 3 N–H and O–H groups in total. The van der Waals surface area contributed by atoms with E-state index in [0.29, 0.717) is 12.1 Å². The number of nitrogens with zero attached hydrogens (tertiary/aromatic N) is 1. The highest BCUT2D eigenvalue weighted by molar-refractivity contribution is 5.94. The highest BCUT2D eigenvalue weighted by Gasteiger charge is 2.33. The number of likely N-dealkylation sites (tertiary alicyclic amines) is 1. The van der Waals surface area contributed by atoms with Crippen molar-refractivity contribution in [2.24, 2.45) is 5.92 Å². The predicted molar refractivity (Wildman–Crippen MR) is 93.1 cm³/mol. The lowest BCUT2D eigenvalue weighted by molar-refractivity contribution is -0.139. The number of carbonyl (C=O) groups excluding carboxylic acids is 1. The number of hydrogen-bond acceptors (Lipinski definition) is 4. The van der Waals surface area contributed by atoms with Crippen molar-refractivity contribution in [2.75, 3.05) is 6.54 Å². The summed E-state index contributed by atoms with van der Waals surface area (Å²) in [5.74, 6) is -0.882. The summed E-state index contributed by atoms with van der Waals surface area (Å²) in [6.07, 6.45) is 1.72. The number of carboxylic acid groups (broad SMARTS) is 1. The number of amides is 1. The van der Waals surface area contributed by atoms with Gasteiger partial charge in [0.15, 0.2) is 0 Å². The third-order valence-corrected chi connectivity index (χ3v) is 4.50. The molecule has 2 unspecified atom stereocenters. The second-order valence-electron chi connectivity index (χ2n) is 6.56. The van der Waals surface area contributed by atoms with E-state index < -0.39 is 24.6 Å². The van der Waals surface area contributed by atoms with E-state index in [1.165, 1.54) is 0 Å². The van der Waals surface area contributed by atoms with Crippen LogP contribution in [0.3, 0.4) is 0 Å². The number of benzene rings is 1. The minimum absolute atomic E-state index is 0.0417. The highest BCUT2D eigenvalue weighted by atomic mass is 16.4. The molecule has 4 atom stereocenters. The molecule has 1 aromatic rings. The van der Waals surface area contributed by atoms with Crippen molar-refractivity contribution < 1.29 is 24.9 Å². The van der Waals surface area contributed by atoms with Gasteiger partial charge >= 0.3 is 5.97 Å². The standard InChI is InChI=1S/C19H25NO5/c1-13-9-10-20(19(25)14-5-3-2-4-6-14)17(13)8-7-15(21)11-16(22)12-18(23)24/h2-8,13,15-17,21-22H,9-12H2,1H3,(H,23,24)/t13?,15-,16-,17?/m1/s1. The molecule has 1 aliphatic heterocycles. The van der Waals surface area contributed by atoms with Crippen LogP contribution in [0.15, 0.2) is 42.5 Å². The summed E-state index contributed by atoms with van der Waals surface area (Å²) in [4.78, 5) is 25.0. The van der Waals surface area contributed by atoms with Gasteiger partial charge in [0.1, 0.15) is 0 Å². The van der Waals surface area contributed by atoms with Gasteiger partial charge in [-0.2, -0.15) is 0 Å². The average Bonchev–Trinajstić information content (AvgIpc) is 2.93. The third kappa shape index (κ3) is 5.41. The number of carboxylic acids is 1.